The lowest BCUT2D eigenvalue weighted by molar-refractivity contribution is -0.137. The number of nitrogens with zero attached hydrogens (tertiary/aromatic N) is 2. The van der Waals surface area contributed by atoms with Crippen LogP contribution in [-0.2, 0) is 21.4 Å². The van der Waals surface area contributed by atoms with Crippen molar-refractivity contribution >= 4 is 22.9 Å². The number of benzene rings is 2. The van der Waals surface area contributed by atoms with Gasteiger partial charge in [0.05, 0.1) is 23.8 Å². The molecule has 0 bridgehead atoms. The highest BCUT2D eigenvalue weighted by atomic mass is 16.5. The molecule has 2 aromatic carbocycles. The molecule has 0 aliphatic carbocycles. The second kappa shape index (κ2) is 15.3. The topological polar surface area (TPSA) is 87.3 Å². The molecule has 47 heavy (non-hydrogen) atoms. The van der Waals surface area contributed by atoms with Crippen LogP contribution in [-0.4, -0.2) is 60.0 Å². The summed E-state index contributed by atoms with van der Waals surface area (Å²) >= 11 is 0. The Balaban J connectivity index is 1.66. The third-order valence-electron chi connectivity index (χ3n) is 8.82. The molecular weight excluding hydrogens is 584 g/mol. The van der Waals surface area contributed by atoms with Crippen LogP contribution >= 0.6 is 0 Å². The summed E-state index contributed by atoms with van der Waals surface area (Å²) in [4.78, 5) is 36.5. The van der Waals surface area contributed by atoms with Gasteiger partial charge in [0.1, 0.15) is 5.65 Å². The van der Waals surface area contributed by atoms with Crippen molar-refractivity contribution in [2.45, 2.75) is 80.1 Å². The number of rotatable bonds is 14. The molecule has 252 valence electrons. The zero-order valence-electron chi connectivity index (χ0n) is 30.1. The van der Waals surface area contributed by atoms with Gasteiger partial charge in [-0.3, -0.25) is 4.79 Å². The van der Waals surface area contributed by atoms with Crippen molar-refractivity contribution in [1.82, 2.24) is 20.2 Å². The predicted molar refractivity (Wildman–Crippen MR) is 193 cm³/mol. The monoisotopic (exact) mass is 638 g/mol. The van der Waals surface area contributed by atoms with Crippen LogP contribution in [0, 0.1) is 25.7 Å². The van der Waals surface area contributed by atoms with E-state index in [2.05, 4.69) is 83.0 Å². The van der Waals surface area contributed by atoms with E-state index >= 15 is 0 Å². The number of methoxy groups -OCH3 is 1. The molecule has 1 amide bonds. The Hall–Kier alpha value is -3.97. The number of ether oxygens (including phenoxy) is 1. The largest absolute Gasteiger partial charge is 0.465 e. The zero-order valence-corrected chi connectivity index (χ0v) is 30.1. The van der Waals surface area contributed by atoms with Crippen molar-refractivity contribution in [2.24, 2.45) is 11.8 Å². The highest BCUT2D eigenvalue weighted by Crippen LogP contribution is 2.38. The van der Waals surface area contributed by atoms with E-state index in [-0.39, 0.29) is 17.8 Å². The summed E-state index contributed by atoms with van der Waals surface area (Å²) in [5.74, 6) is 0.754. The SMILES string of the molecule is COC(=O)c1ccc(CCNCC(C)c2c(-c3cc(C)cc(C)c3)[nH]c3ncc(C(C)(C)C(=O)N(CC(C)C)CC(C)C)cc23)cc1. The summed E-state index contributed by atoms with van der Waals surface area (Å²) < 4.78 is 4.82. The summed E-state index contributed by atoms with van der Waals surface area (Å²) in [6, 6.07) is 16.4. The number of amides is 1. The third-order valence-corrected chi connectivity index (χ3v) is 8.82. The van der Waals surface area contributed by atoms with Gasteiger partial charge in [0.2, 0.25) is 5.91 Å². The molecule has 0 aliphatic heterocycles. The molecule has 7 heteroatoms. The van der Waals surface area contributed by atoms with Crippen molar-refractivity contribution in [3.8, 4) is 11.3 Å². The van der Waals surface area contributed by atoms with Crippen LogP contribution in [0.3, 0.4) is 0 Å². The summed E-state index contributed by atoms with van der Waals surface area (Å²) in [5, 5.41) is 4.72. The van der Waals surface area contributed by atoms with Gasteiger partial charge in [0.25, 0.3) is 0 Å². The normalized spacial score (nSPS) is 12.6. The maximum absolute atomic E-state index is 14.1. The molecule has 7 nitrogen and oxygen atoms in total. The fraction of sp³-hybridized carbons (Fsp3) is 0.475. The quantitative estimate of drug-likeness (QED) is 0.108. The standard InChI is InChI=1S/C40H54N4O3/c1-25(2)23-44(24-26(3)4)39(46)40(8,9)33-20-34-35(36(43-37(34)42-22-33)32-18-27(5)17-28(6)19-32)29(7)21-41-16-15-30-11-13-31(14-12-30)38(45)47-10/h11-14,17-20,22,25-26,29,41H,15-16,21,23-24H2,1-10H3,(H,42,43). The molecule has 0 aliphatic rings. The maximum atomic E-state index is 14.1. The van der Waals surface area contributed by atoms with Gasteiger partial charge in [0.15, 0.2) is 0 Å². The fourth-order valence-electron chi connectivity index (χ4n) is 6.51. The second-order valence-electron chi connectivity index (χ2n) is 14.6. The van der Waals surface area contributed by atoms with Gasteiger partial charge >= 0.3 is 5.97 Å². The number of H-pyrrole nitrogens is 1. The summed E-state index contributed by atoms with van der Waals surface area (Å²) in [6.07, 6.45) is 2.72. The molecule has 2 aromatic heterocycles. The molecule has 1 atom stereocenters. The van der Waals surface area contributed by atoms with Crippen LogP contribution < -0.4 is 5.32 Å². The lowest BCUT2D eigenvalue weighted by atomic mass is 9.82. The molecule has 4 rings (SSSR count). The van der Waals surface area contributed by atoms with Crippen molar-refractivity contribution in [1.29, 1.82) is 0 Å². The molecule has 0 fully saturated rings. The minimum absolute atomic E-state index is 0.141. The van der Waals surface area contributed by atoms with Crippen molar-refractivity contribution in [3.63, 3.8) is 0 Å². The van der Waals surface area contributed by atoms with Crippen molar-refractivity contribution < 1.29 is 14.3 Å². The van der Waals surface area contributed by atoms with Crippen LogP contribution in [0.15, 0.2) is 54.7 Å². The molecular formula is C40H54N4O3. The Morgan fingerprint density at radius 1 is 0.936 bits per heavy atom. The van der Waals surface area contributed by atoms with Crippen molar-refractivity contribution in [2.75, 3.05) is 33.3 Å². The molecule has 0 radical (unpaired) electrons. The fourth-order valence-corrected chi connectivity index (χ4v) is 6.51. The molecule has 2 heterocycles. The van der Waals surface area contributed by atoms with Gasteiger partial charge in [-0.1, -0.05) is 63.9 Å². The molecule has 0 saturated carbocycles. The number of esters is 1. The van der Waals surface area contributed by atoms with E-state index in [1.54, 1.807) is 0 Å². The Morgan fingerprint density at radius 2 is 1.55 bits per heavy atom. The molecule has 4 aromatic rings. The van der Waals surface area contributed by atoms with E-state index < -0.39 is 5.41 Å². The average molecular weight is 639 g/mol. The molecule has 2 N–H and O–H groups in total. The number of nitrogens with one attached hydrogen (secondary N) is 2. The lowest BCUT2D eigenvalue weighted by Crippen LogP contribution is -2.46. The average Bonchev–Trinajstić information content (AvgIpc) is 3.40. The minimum atomic E-state index is -0.732. The summed E-state index contributed by atoms with van der Waals surface area (Å²) in [6.45, 7) is 22.3. The lowest BCUT2D eigenvalue weighted by Gasteiger charge is -2.34. The minimum Gasteiger partial charge on any atom is -0.465 e. The van der Waals surface area contributed by atoms with Gasteiger partial charge in [-0.05, 0) is 111 Å². The molecule has 1 unspecified atom stereocenters. The van der Waals surface area contributed by atoms with Crippen LogP contribution in [0.5, 0.6) is 0 Å². The zero-order chi connectivity index (χ0) is 34.5. The number of aromatic amines is 1. The third kappa shape index (κ3) is 8.69. The first kappa shape index (κ1) is 35.9. The van der Waals surface area contributed by atoms with Gasteiger partial charge in [-0.2, -0.15) is 0 Å². The van der Waals surface area contributed by atoms with Gasteiger partial charge in [-0.15, -0.1) is 0 Å². The first-order valence-corrected chi connectivity index (χ1v) is 17.0. The van der Waals surface area contributed by atoms with Gasteiger partial charge in [-0.25, -0.2) is 9.78 Å². The number of aromatic nitrogens is 2. The Bertz CT molecular complexity index is 1650. The highest BCUT2D eigenvalue weighted by molar-refractivity contribution is 5.93. The number of carbonyl (C=O) groups is 2. The highest BCUT2D eigenvalue weighted by Gasteiger charge is 2.35. The number of hydrogen-bond acceptors (Lipinski definition) is 5. The smallest absolute Gasteiger partial charge is 0.337 e. The number of aryl methyl sites for hydroxylation is 2. The number of fused-ring (bicyclic) bond motifs is 1. The van der Waals surface area contributed by atoms with Crippen molar-refractivity contribution in [3.05, 3.63) is 88.1 Å². The Morgan fingerprint density at radius 3 is 2.13 bits per heavy atom. The van der Waals surface area contributed by atoms with Gasteiger partial charge < -0.3 is 19.9 Å². The second-order valence-corrected chi connectivity index (χ2v) is 14.6. The van der Waals surface area contributed by atoms with E-state index in [9.17, 15) is 9.59 Å². The van der Waals surface area contributed by atoms with E-state index in [0.717, 1.165) is 66.0 Å². The van der Waals surface area contributed by atoms with Crippen LogP contribution in [0.4, 0.5) is 0 Å². The van der Waals surface area contributed by atoms with E-state index in [1.165, 1.54) is 23.8 Å². The maximum Gasteiger partial charge on any atom is 0.337 e. The Labute approximate surface area is 281 Å². The van der Waals surface area contributed by atoms with Crippen LogP contribution in [0.2, 0.25) is 0 Å². The van der Waals surface area contributed by atoms with E-state index in [0.29, 0.717) is 17.4 Å². The Kier molecular flexibility index (Phi) is 11.7. The summed E-state index contributed by atoms with van der Waals surface area (Å²) in [7, 11) is 1.40. The molecule has 0 saturated heterocycles. The molecule has 0 spiro atoms. The number of pyridine rings is 1. The first-order valence-electron chi connectivity index (χ1n) is 17.0. The van der Waals surface area contributed by atoms with Crippen LogP contribution in [0.25, 0.3) is 22.3 Å². The summed E-state index contributed by atoms with van der Waals surface area (Å²) in [5.41, 5.74) is 8.60. The van der Waals surface area contributed by atoms with E-state index in [1.807, 2.05) is 49.2 Å². The first-order chi connectivity index (χ1) is 22.2. The predicted octanol–water partition coefficient (Wildman–Crippen LogP) is 7.99. The van der Waals surface area contributed by atoms with Gasteiger partial charge in [0, 0.05) is 31.2 Å². The number of hydrogen-bond donors (Lipinski definition) is 2. The van der Waals surface area contributed by atoms with Crippen LogP contribution in [0.1, 0.15) is 92.6 Å². The van der Waals surface area contributed by atoms with E-state index in [4.69, 9.17) is 9.72 Å². The number of carbonyl (C=O) groups excluding carboxylic acids is 2.